The molecule has 0 saturated carbocycles. The van der Waals surface area contributed by atoms with Crippen LogP contribution in [0.2, 0.25) is 0 Å². The van der Waals surface area contributed by atoms with E-state index in [2.05, 4.69) is 36.4 Å². The molecule has 0 fully saturated rings. The summed E-state index contributed by atoms with van der Waals surface area (Å²) in [4.78, 5) is 0. The van der Waals surface area contributed by atoms with Crippen molar-refractivity contribution in [1.82, 2.24) is 0 Å². The minimum atomic E-state index is -2.90. The molecule has 0 spiro atoms. The summed E-state index contributed by atoms with van der Waals surface area (Å²) in [5.41, 5.74) is 0.202. The lowest BCUT2D eigenvalue weighted by Gasteiger charge is -2.04. The quantitative estimate of drug-likeness (QED) is 0.583. The van der Waals surface area contributed by atoms with Crippen LogP contribution in [-0.4, -0.2) is 10.2 Å². The summed E-state index contributed by atoms with van der Waals surface area (Å²) in [6, 6.07) is 0. The Labute approximate surface area is 79.3 Å². The van der Waals surface area contributed by atoms with Crippen LogP contribution in [0.3, 0.4) is 0 Å². The summed E-state index contributed by atoms with van der Waals surface area (Å²) >= 11 is 12.4. The van der Waals surface area contributed by atoms with Crippen LogP contribution in [-0.2, 0) is 9.09 Å². The lowest BCUT2D eigenvalue weighted by Crippen LogP contribution is -1.74. The molecule has 0 N–H and O–H groups in total. The number of hydrogen-bond donors (Lipinski definition) is 0. The van der Waals surface area contributed by atoms with Gasteiger partial charge in [-0.05, 0) is 22.6 Å². The maximum Gasteiger partial charge on any atom is 0.348 e. The smallest absolute Gasteiger partial charge is 0.298 e. The van der Waals surface area contributed by atoms with Gasteiger partial charge in [0, 0.05) is 0 Å². The Bertz CT molecular complexity index is 113. The monoisotopic (exact) mass is 316 g/mol. The SMILES string of the molecule is O=P(Cl)(OCBr)SCBr. The van der Waals surface area contributed by atoms with E-state index in [9.17, 15) is 4.57 Å². The third-order valence-electron chi connectivity index (χ3n) is 0.406. The molecule has 9 heavy (non-hydrogen) atoms. The van der Waals surface area contributed by atoms with E-state index >= 15 is 0 Å². The molecule has 0 aromatic rings. The molecular weight excluding hydrogens is 314 g/mol. The molecular formula is C2H4Br2ClO2PS. The van der Waals surface area contributed by atoms with Gasteiger partial charge in [0.2, 0.25) is 0 Å². The molecule has 1 atom stereocenters. The Hall–Kier alpha value is 1.79. The highest BCUT2D eigenvalue weighted by Crippen LogP contribution is 2.64. The van der Waals surface area contributed by atoms with Crippen LogP contribution in [0.1, 0.15) is 0 Å². The van der Waals surface area contributed by atoms with Crippen LogP contribution < -0.4 is 0 Å². The van der Waals surface area contributed by atoms with Crippen LogP contribution in [0, 0.1) is 0 Å². The van der Waals surface area contributed by atoms with Crippen LogP contribution in [0.5, 0.6) is 0 Å². The van der Waals surface area contributed by atoms with Gasteiger partial charge < -0.3 is 0 Å². The molecule has 0 aromatic carbocycles. The van der Waals surface area contributed by atoms with Crippen LogP contribution in [0.25, 0.3) is 0 Å². The molecule has 0 amide bonds. The maximum atomic E-state index is 10.9. The van der Waals surface area contributed by atoms with E-state index in [0.29, 0.717) is 4.66 Å². The summed E-state index contributed by atoms with van der Waals surface area (Å²) in [6.45, 7) is 0. The molecule has 7 heteroatoms. The fourth-order valence-corrected chi connectivity index (χ4v) is 6.89. The van der Waals surface area contributed by atoms with Crippen molar-refractivity contribution in [3.05, 3.63) is 0 Å². The minimum absolute atomic E-state index is 0.202. The molecule has 0 aliphatic rings. The predicted octanol–water partition coefficient (Wildman–Crippen LogP) is 3.79. The second kappa shape index (κ2) is 5.44. The van der Waals surface area contributed by atoms with Crippen molar-refractivity contribution >= 4 is 60.4 Å². The molecule has 0 saturated heterocycles. The lowest BCUT2D eigenvalue weighted by atomic mass is 11.8. The first-order chi connectivity index (χ1) is 4.12. The van der Waals surface area contributed by atoms with Crippen molar-refractivity contribution in [2.75, 3.05) is 10.2 Å². The Morgan fingerprint density at radius 1 is 1.67 bits per heavy atom. The van der Waals surface area contributed by atoms with Crippen molar-refractivity contribution in [2.45, 2.75) is 0 Å². The zero-order valence-electron chi connectivity index (χ0n) is 4.22. The number of halogens is 3. The van der Waals surface area contributed by atoms with E-state index in [-0.39, 0.29) is 5.52 Å². The zero-order valence-corrected chi connectivity index (χ0v) is 9.86. The summed E-state index contributed by atoms with van der Waals surface area (Å²) in [5, 5.41) is 0. The van der Waals surface area contributed by atoms with Crippen molar-refractivity contribution in [1.29, 1.82) is 0 Å². The molecule has 0 heterocycles. The third-order valence-corrected chi connectivity index (χ3v) is 6.38. The lowest BCUT2D eigenvalue weighted by molar-refractivity contribution is 0.409. The molecule has 0 aromatic heterocycles. The van der Waals surface area contributed by atoms with Gasteiger partial charge in [0.25, 0.3) is 0 Å². The first kappa shape index (κ1) is 10.8. The number of hydrogen-bond acceptors (Lipinski definition) is 3. The van der Waals surface area contributed by atoms with Crippen LogP contribution in [0.15, 0.2) is 0 Å². The van der Waals surface area contributed by atoms with Gasteiger partial charge in [0.1, 0.15) is 5.52 Å². The van der Waals surface area contributed by atoms with E-state index in [4.69, 9.17) is 11.2 Å². The highest BCUT2D eigenvalue weighted by atomic mass is 79.9. The molecule has 0 aliphatic heterocycles. The highest BCUT2D eigenvalue weighted by molar-refractivity contribution is 9.12. The first-order valence-corrected chi connectivity index (χ1v) is 8.19. The average molecular weight is 318 g/mol. The largest absolute Gasteiger partial charge is 0.348 e. The minimum Gasteiger partial charge on any atom is -0.298 e. The molecule has 0 radical (unpaired) electrons. The van der Waals surface area contributed by atoms with E-state index in [1.54, 1.807) is 0 Å². The Balaban J connectivity index is 3.58. The normalized spacial score (nSPS) is 17.2. The van der Waals surface area contributed by atoms with Crippen molar-refractivity contribution < 1.29 is 9.09 Å². The predicted molar refractivity (Wildman–Crippen MR) is 49.7 cm³/mol. The van der Waals surface area contributed by atoms with E-state index in [1.165, 1.54) is 0 Å². The summed E-state index contributed by atoms with van der Waals surface area (Å²) in [6.07, 6.45) is 0. The van der Waals surface area contributed by atoms with Gasteiger partial charge in [-0.25, -0.2) is 0 Å². The van der Waals surface area contributed by atoms with Crippen LogP contribution >= 0.6 is 60.4 Å². The zero-order chi connectivity index (χ0) is 7.33. The second-order valence-corrected chi connectivity index (χ2v) is 8.49. The van der Waals surface area contributed by atoms with Gasteiger partial charge in [-0.2, -0.15) is 0 Å². The maximum absolute atomic E-state index is 10.9. The highest BCUT2D eigenvalue weighted by Gasteiger charge is 2.17. The Morgan fingerprint density at radius 2 is 2.22 bits per heavy atom. The number of alkyl halides is 2. The molecule has 0 bridgehead atoms. The van der Waals surface area contributed by atoms with Crippen LogP contribution in [0.4, 0.5) is 0 Å². The van der Waals surface area contributed by atoms with Gasteiger partial charge >= 0.3 is 5.92 Å². The van der Waals surface area contributed by atoms with E-state index in [1.807, 2.05) is 0 Å². The van der Waals surface area contributed by atoms with Gasteiger partial charge in [-0.3, -0.25) is 9.09 Å². The van der Waals surface area contributed by atoms with Gasteiger partial charge in [-0.15, -0.1) is 0 Å². The van der Waals surface area contributed by atoms with Crippen molar-refractivity contribution in [3.8, 4) is 0 Å². The molecule has 0 rings (SSSR count). The molecule has 1 unspecified atom stereocenters. The number of rotatable bonds is 4. The summed E-state index contributed by atoms with van der Waals surface area (Å²) in [7, 11) is 0. The fraction of sp³-hybridized carbons (Fsp3) is 1.00. The van der Waals surface area contributed by atoms with E-state index < -0.39 is 5.92 Å². The topological polar surface area (TPSA) is 26.3 Å². The Kier molecular flexibility index (Phi) is 6.52. The summed E-state index contributed by atoms with van der Waals surface area (Å²) in [5.74, 6) is -2.90. The first-order valence-electron chi connectivity index (χ1n) is 1.83. The summed E-state index contributed by atoms with van der Waals surface area (Å²) < 4.78 is 16.0. The van der Waals surface area contributed by atoms with Crippen molar-refractivity contribution in [2.24, 2.45) is 0 Å². The molecule has 0 aliphatic carbocycles. The van der Waals surface area contributed by atoms with E-state index in [0.717, 1.165) is 11.4 Å². The third kappa shape index (κ3) is 6.20. The van der Waals surface area contributed by atoms with Gasteiger partial charge in [0.05, 0.1) is 4.66 Å². The standard InChI is InChI=1S/C2H4Br2ClO2PS/c3-1-7-8(5,6)9-2-4/h1-2H2. The van der Waals surface area contributed by atoms with Crippen molar-refractivity contribution in [3.63, 3.8) is 0 Å². The second-order valence-electron chi connectivity index (χ2n) is 0.907. The van der Waals surface area contributed by atoms with Gasteiger partial charge in [-0.1, -0.05) is 31.9 Å². The van der Waals surface area contributed by atoms with Gasteiger partial charge in [0.15, 0.2) is 0 Å². The fourth-order valence-electron chi connectivity index (χ4n) is 0.154. The Morgan fingerprint density at radius 3 is 2.56 bits per heavy atom. The molecule has 2 nitrogen and oxygen atoms in total. The molecule has 56 valence electrons. The average Bonchev–Trinajstić information content (AvgIpc) is 1.64.